The van der Waals surface area contributed by atoms with Gasteiger partial charge in [-0.2, -0.15) is 5.10 Å². The first-order chi connectivity index (χ1) is 7.81. The summed E-state index contributed by atoms with van der Waals surface area (Å²) < 4.78 is 0. The Kier molecular flexibility index (Phi) is 3.31. The van der Waals surface area contributed by atoms with Crippen molar-refractivity contribution in [2.24, 2.45) is 0 Å². The van der Waals surface area contributed by atoms with Gasteiger partial charge in [-0.3, -0.25) is 9.89 Å². The Bertz CT molecular complexity index is 437. The minimum absolute atomic E-state index is 0.117. The zero-order valence-electron chi connectivity index (χ0n) is 8.88. The van der Waals surface area contributed by atoms with Crippen LogP contribution < -0.4 is 0 Å². The highest BCUT2D eigenvalue weighted by molar-refractivity contribution is 7.09. The highest BCUT2D eigenvalue weighted by Gasteiger charge is 2.17. The van der Waals surface area contributed by atoms with Crippen molar-refractivity contribution in [1.29, 1.82) is 0 Å². The summed E-state index contributed by atoms with van der Waals surface area (Å²) in [7, 11) is 0. The number of hydrogen-bond acceptors (Lipinski definition) is 4. The Morgan fingerprint density at radius 3 is 3.06 bits per heavy atom. The standard InChI is InChI=1S/C10H12N4OS/c1-2-14(6-8-4-3-5-16-8)10(15)9-11-7-12-13-9/h3-5,7H,2,6H2,1H3,(H,11,12,13). The van der Waals surface area contributed by atoms with Gasteiger partial charge in [0.05, 0.1) is 6.54 Å². The van der Waals surface area contributed by atoms with Crippen molar-refractivity contribution in [3.05, 3.63) is 34.5 Å². The molecule has 2 rings (SSSR count). The van der Waals surface area contributed by atoms with Crippen LogP contribution in [0.1, 0.15) is 22.4 Å². The molecule has 0 fully saturated rings. The molecular formula is C10H12N4OS. The lowest BCUT2D eigenvalue weighted by Gasteiger charge is -2.18. The average molecular weight is 236 g/mol. The van der Waals surface area contributed by atoms with Crippen molar-refractivity contribution in [1.82, 2.24) is 20.1 Å². The molecule has 0 aromatic carbocycles. The zero-order valence-corrected chi connectivity index (χ0v) is 9.70. The van der Waals surface area contributed by atoms with E-state index < -0.39 is 0 Å². The van der Waals surface area contributed by atoms with Gasteiger partial charge >= 0.3 is 0 Å². The third-order valence-electron chi connectivity index (χ3n) is 2.21. The summed E-state index contributed by atoms with van der Waals surface area (Å²) in [6.07, 6.45) is 1.34. The predicted octanol–water partition coefficient (Wildman–Crippen LogP) is 1.53. The summed E-state index contributed by atoms with van der Waals surface area (Å²) in [5, 5.41) is 8.26. The molecule has 2 aromatic heterocycles. The molecule has 84 valence electrons. The van der Waals surface area contributed by atoms with E-state index in [9.17, 15) is 4.79 Å². The van der Waals surface area contributed by atoms with Crippen molar-refractivity contribution in [2.75, 3.05) is 6.54 Å². The predicted molar refractivity (Wildman–Crippen MR) is 61.1 cm³/mol. The fourth-order valence-electron chi connectivity index (χ4n) is 1.38. The van der Waals surface area contributed by atoms with Gasteiger partial charge in [0, 0.05) is 11.4 Å². The molecular weight excluding hydrogens is 224 g/mol. The molecule has 0 aliphatic heterocycles. The third kappa shape index (κ3) is 2.27. The highest BCUT2D eigenvalue weighted by atomic mass is 32.1. The van der Waals surface area contributed by atoms with Crippen LogP contribution in [-0.2, 0) is 6.54 Å². The molecule has 1 amide bonds. The lowest BCUT2D eigenvalue weighted by atomic mass is 10.4. The molecule has 0 bridgehead atoms. The molecule has 0 aliphatic rings. The third-order valence-corrected chi connectivity index (χ3v) is 3.07. The smallest absolute Gasteiger partial charge is 0.291 e. The number of carbonyl (C=O) groups excluding carboxylic acids is 1. The average Bonchev–Trinajstić information content (AvgIpc) is 2.97. The van der Waals surface area contributed by atoms with Crippen LogP contribution in [0.25, 0.3) is 0 Å². The number of nitrogens with zero attached hydrogens (tertiary/aromatic N) is 3. The lowest BCUT2D eigenvalue weighted by Crippen LogP contribution is -2.30. The number of amides is 1. The molecule has 0 saturated carbocycles. The van der Waals surface area contributed by atoms with Gasteiger partial charge in [0.15, 0.2) is 0 Å². The molecule has 2 heterocycles. The van der Waals surface area contributed by atoms with E-state index in [4.69, 9.17) is 0 Å². The van der Waals surface area contributed by atoms with Crippen LogP contribution in [0.5, 0.6) is 0 Å². The molecule has 0 aliphatic carbocycles. The van der Waals surface area contributed by atoms with Crippen LogP contribution in [0.15, 0.2) is 23.8 Å². The van der Waals surface area contributed by atoms with Crippen LogP contribution in [0.4, 0.5) is 0 Å². The Morgan fingerprint density at radius 1 is 1.62 bits per heavy atom. The van der Waals surface area contributed by atoms with E-state index in [0.717, 1.165) is 4.88 Å². The maximum absolute atomic E-state index is 12.0. The van der Waals surface area contributed by atoms with Crippen molar-refractivity contribution < 1.29 is 4.79 Å². The lowest BCUT2D eigenvalue weighted by molar-refractivity contribution is 0.0742. The summed E-state index contributed by atoms with van der Waals surface area (Å²) in [6.45, 7) is 3.22. The quantitative estimate of drug-likeness (QED) is 0.875. The topological polar surface area (TPSA) is 61.9 Å². The molecule has 0 radical (unpaired) electrons. The van der Waals surface area contributed by atoms with E-state index >= 15 is 0 Å². The van der Waals surface area contributed by atoms with Crippen LogP contribution in [0.2, 0.25) is 0 Å². The maximum atomic E-state index is 12.0. The number of carbonyl (C=O) groups is 1. The van der Waals surface area contributed by atoms with Gasteiger partial charge < -0.3 is 4.90 Å². The number of aromatic amines is 1. The molecule has 1 N–H and O–H groups in total. The van der Waals surface area contributed by atoms with Crippen molar-refractivity contribution in [2.45, 2.75) is 13.5 Å². The normalized spacial score (nSPS) is 10.3. The zero-order chi connectivity index (χ0) is 11.4. The van der Waals surface area contributed by atoms with Crippen LogP contribution in [0.3, 0.4) is 0 Å². The van der Waals surface area contributed by atoms with Crippen LogP contribution in [-0.4, -0.2) is 32.5 Å². The first kappa shape index (κ1) is 10.8. The summed E-state index contributed by atoms with van der Waals surface area (Å²) in [5.41, 5.74) is 0. The second kappa shape index (κ2) is 4.89. The molecule has 0 atom stereocenters. The second-order valence-electron chi connectivity index (χ2n) is 3.23. The van der Waals surface area contributed by atoms with Gasteiger partial charge in [0.1, 0.15) is 6.33 Å². The molecule has 0 saturated heterocycles. The van der Waals surface area contributed by atoms with E-state index in [-0.39, 0.29) is 5.91 Å². The summed E-state index contributed by atoms with van der Waals surface area (Å²) >= 11 is 1.64. The molecule has 0 unspecified atom stereocenters. The van der Waals surface area contributed by atoms with Gasteiger partial charge in [-0.15, -0.1) is 11.3 Å². The first-order valence-electron chi connectivity index (χ1n) is 4.98. The first-order valence-corrected chi connectivity index (χ1v) is 5.86. The van der Waals surface area contributed by atoms with Crippen molar-refractivity contribution in [3.63, 3.8) is 0 Å². The van der Waals surface area contributed by atoms with E-state index in [1.165, 1.54) is 6.33 Å². The van der Waals surface area contributed by atoms with E-state index in [2.05, 4.69) is 15.2 Å². The molecule has 2 aromatic rings. The van der Waals surface area contributed by atoms with Gasteiger partial charge in [-0.25, -0.2) is 4.98 Å². The van der Waals surface area contributed by atoms with Crippen LogP contribution >= 0.6 is 11.3 Å². The highest BCUT2D eigenvalue weighted by Crippen LogP contribution is 2.12. The Hall–Kier alpha value is -1.69. The number of hydrogen-bond donors (Lipinski definition) is 1. The van der Waals surface area contributed by atoms with E-state index in [0.29, 0.717) is 18.9 Å². The molecule has 5 nitrogen and oxygen atoms in total. The Morgan fingerprint density at radius 2 is 2.50 bits per heavy atom. The number of rotatable bonds is 4. The fourth-order valence-corrected chi connectivity index (χ4v) is 2.10. The van der Waals surface area contributed by atoms with Crippen LogP contribution in [0, 0.1) is 0 Å². The molecule has 6 heteroatoms. The summed E-state index contributed by atoms with van der Waals surface area (Å²) in [4.78, 5) is 18.7. The number of thiophene rings is 1. The minimum Gasteiger partial charge on any atom is -0.331 e. The summed E-state index contributed by atoms with van der Waals surface area (Å²) in [6, 6.07) is 3.99. The number of H-pyrrole nitrogens is 1. The Balaban J connectivity index is 2.08. The monoisotopic (exact) mass is 236 g/mol. The van der Waals surface area contributed by atoms with Gasteiger partial charge in [0.25, 0.3) is 5.91 Å². The largest absolute Gasteiger partial charge is 0.331 e. The van der Waals surface area contributed by atoms with E-state index in [1.807, 2.05) is 24.4 Å². The van der Waals surface area contributed by atoms with Gasteiger partial charge in [0.2, 0.25) is 5.82 Å². The minimum atomic E-state index is -0.117. The number of aromatic nitrogens is 3. The molecule has 0 spiro atoms. The van der Waals surface area contributed by atoms with Gasteiger partial charge in [-0.1, -0.05) is 6.07 Å². The SMILES string of the molecule is CCN(Cc1cccs1)C(=O)c1ncn[nH]1. The van der Waals surface area contributed by atoms with Crippen molar-refractivity contribution >= 4 is 17.2 Å². The van der Waals surface area contributed by atoms with Gasteiger partial charge in [-0.05, 0) is 18.4 Å². The maximum Gasteiger partial charge on any atom is 0.291 e. The fraction of sp³-hybridized carbons (Fsp3) is 0.300. The molecule has 16 heavy (non-hydrogen) atoms. The number of nitrogens with one attached hydrogen (secondary N) is 1. The van der Waals surface area contributed by atoms with E-state index in [1.54, 1.807) is 16.2 Å². The Labute approximate surface area is 97.1 Å². The van der Waals surface area contributed by atoms with Crippen molar-refractivity contribution in [3.8, 4) is 0 Å². The second-order valence-corrected chi connectivity index (χ2v) is 4.27. The summed E-state index contributed by atoms with van der Waals surface area (Å²) in [5.74, 6) is 0.173.